The van der Waals surface area contributed by atoms with Crippen molar-refractivity contribution in [3.8, 4) is 5.88 Å². The van der Waals surface area contributed by atoms with E-state index < -0.39 is 0 Å². The topological polar surface area (TPSA) is 37.9 Å². The molecule has 2 rings (SSSR count). The van der Waals surface area contributed by atoms with Crippen molar-refractivity contribution >= 4 is 24.2 Å². The second-order valence-corrected chi connectivity index (χ2v) is 2.78. The van der Waals surface area contributed by atoms with Crippen LogP contribution in [0.5, 0.6) is 5.88 Å². The first kappa shape index (κ1) is 7.22. The molecular weight excluding hydrogens is 151 g/mol. The Kier molecular flexibility index (Phi) is 1.53. The van der Waals surface area contributed by atoms with Crippen LogP contribution in [-0.4, -0.2) is 25.2 Å². The fourth-order valence-corrected chi connectivity index (χ4v) is 1.26. The lowest BCUT2D eigenvalue weighted by Crippen LogP contribution is -1.99. The Hall–Kier alpha value is -1.45. The standard InChI is InChI=1S/C8H9BN2O/c1-12-8-6-3-2-5(9)4-7(6)10-11-8/h2-4H,9H2,1H3,(H,10,11). The quantitative estimate of drug-likeness (QED) is 0.588. The average molecular weight is 160 g/mol. The van der Waals surface area contributed by atoms with E-state index in [9.17, 15) is 0 Å². The third kappa shape index (κ3) is 0.960. The van der Waals surface area contributed by atoms with Gasteiger partial charge in [-0.1, -0.05) is 11.5 Å². The molecule has 0 bridgehead atoms. The van der Waals surface area contributed by atoms with Crippen LogP contribution in [0.3, 0.4) is 0 Å². The molecule has 0 aliphatic rings. The Morgan fingerprint density at radius 3 is 3.08 bits per heavy atom. The number of methoxy groups -OCH3 is 1. The molecule has 0 saturated heterocycles. The molecule has 0 unspecified atom stereocenters. The van der Waals surface area contributed by atoms with E-state index >= 15 is 0 Å². The molecule has 0 spiro atoms. The first-order valence-corrected chi connectivity index (χ1v) is 3.80. The van der Waals surface area contributed by atoms with Crippen molar-refractivity contribution < 1.29 is 4.74 Å². The van der Waals surface area contributed by atoms with Crippen molar-refractivity contribution in [2.45, 2.75) is 0 Å². The van der Waals surface area contributed by atoms with Gasteiger partial charge in [0.15, 0.2) is 0 Å². The van der Waals surface area contributed by atoms with E-state index in [0.717, 1.165) is 10.9 Å². The van der Waals surface area contributed by atoms with Gasteiger partial charge in [-0.15, -0.1) is 5.10 Å². The highest BCUT2D eigenvalue weighted by atomic mass is 16.5. The van der Waals surface area contributed by atoms with Crippen molar-refractivity contribution in [3.63, 3.8) is 0 Å². The highest BCUT2D eigenvalue weighted by Crippen LogP contribution is 2.19. The smallest absolute Gasteiger partial charge is 0.240 e. The van der Waals surface area contributed by atoms with Crippen LogP contribution in [0.1, 0.15) is 0 Å². The van der Waals surface area contributed by atoms with Crippen LogP contribution in [0.25, 0.3) is 10.9 Å². The lowest BCUT2D eigenvalue weighted by Gasteiger charge is -1.94. The number of hydrogen-bond donors (Lipinski definition) is 1. The van der Waals surface area contributed by atoms with Gasteiger partial charge in [-0.2, -0.15) is 0 Å². The Labute approximate surface area is 71.1 Å². The van der Waals surface area contributed by atoms with Crippen LogP contribution in [-0.2, 0) is 0 Å². The lowest BCUT2D eigenvalue weighted by molar-refractivity contribution is 0.401. The van der Waals surface area contributed by atoms with Gasteiger partial charge in [-0.05, 0) is 12.1 Å². The summed E-state index contributed by atoms with van der Waals surface area (Å²) in [5, 5.41) is 7.94. The van der Waals surface area contributed by atoms with E-state index in [1.165, 1.54) is 5.46 Å². The fourth-order valence-electron chi connectivity index (χ4n) is 1.26. The van der Waals surface area contributed by atoms with Gasteiger partial charge in [0.1, 0.15) is 7.85 Å². The predicted molar refractivity (Wildman–Crippen MR) is 50.8 cm³/mol. The Bertz CT molecular complexity index is 410. The molecule has 0 atom stereocenters. The summed E-state index contributed by atoms with van der Waals surface area (Å²) in [7, 11) is 3.67. The number of nitrogens with zero attached hydrogens (tertiary/aromatic N) is 1. The highest BCUT2D eigenvalue weighted by Gasteiger charge is 2.03. The molecule has 3 nitrogen and oxygen atoms in total. The maximum absolute atomic E-state index is 5.06. The molecule has 12 heavy (non-hydrogen) atoms. The van der Waals surface area contributed by atoms with Crippen LogP contribution in [0.15, 0.2) is 18.2 Å². The number of H-pyrrole nitrogens is 1. The monoisotopic (exact) mass is 160 g/mol. The molecule has 0 amide bonds. The van der Waals surface area contributed by atoms with E-state index in [1.54, 1.807) is 7.11 Å². The first-order chi connectivity index (χ1) is 5.81. The summed E-state index contributed by atoms with van der Waals surface area (Å²) >= 11 is 0. The molecule has 0 aliphatic carbocycles. The van der Waals surface area contributed by atoms with Gasteiger partial charge < -0.3 is 4.74 Å². The SMILES string of the molecule is Bc1ccc2c(OC)n[nH]c2c1. The summed E-state index contributed by atoms with van der Waals surface area (Å²) in [5.74, 6) is 0.657. The Morgan fingerprint density at radius 2 is 2.33 bits per heavy atom. The number of benzene rings is 1. The normalized spacial score (nSPS) is 10.4. The van der Waals surface area contributed by atoms with Crippen LogP contribution in [0.2, 0.25) is 0 Å². The molecule has 4 heteroatoms. The molecular formula is C8H9BN2O. The summed E-state index contributed by atoms with van der Waals surface area (Å²) in [5.41, 5.74) is 2.24. The maximum Gasteiger partial charge on any atom is 0.240 e. The lowest BCUT2D eigenvalue weighted by atomic mass is 9.95. The molecule has 1 aromatic carbocycles. The maximum atomic E-state index is 5.06. The van der Waals surface area contributed by atoms with E-state index in [2.05, 4.69) is 10.2 Å². The van der Waals surface area contributed by atoms with Crippen molar-refractivity contribution in [1.29, 1.82) is 0 Å². The van der Waals surface area contributed by atoms with Gasteiger partial charge in [-0.25, -0.2) is 0 Å². The number of aromatic nitrogens is 2. The molecule has 60 valence electrons. The van der Waals surface area contributed by atoms with Crippen LogP contribution >= 0.6 is 0 Å². The van der Waals surface area contributed by atoms with Crippen molar-refractivity contribution in [2.75, 3.05) is 7.11 Å². The Morgan fingerprint density at radius 1 is 1.50 bits per heavy atom. The first-order valence-electron chi connectivity index (χ1n) is 3.80. The molecule has 1 heterocycles. The van der Waals surface area contributed by atoms with Crippen molar-refractivity contribution in [3.05, 3.63) is 18.2 Å². The van der Waals surface area contributed by atoms with Crippen molar-refractivity contribution in [2.24, 2.45) is 0 Å². The molecule has 0 aliphatic heterocycles. The Balaban J connectivity index is 2.73. The molecule has 1 aromatic heterocycles. The zero-order valence-corrected chi connectivity index (χ0v) is 7.09. The van der Waals surface area contributed by atoms with Gasteiger partial charge in [-0.3, -0.25) is 5.10 Å². The van der Waals surface area contributed by atoms with E-state index in [-0.39, 0.29) is 0 Å². The summed E-state index contributed by atoms with van der Waals surface area (Å²) in [6, 6.07) is 6.10. The second kappa shape index (κ2) is 2.55. The minimum atomic E-state index is 0.657. The third-order valence-electron chi connectivity index (χ3n) is 1.88. The van der Waals surface area contributed by atoms with Gasteiger partial charge >= 0.3 is 0 Å². The average Bonchev–Trinajstić information content (AvgIpc) is 2.46. The molecule has 1 N–H and O–H groups in total. The van der Waals surface area contributed by atoms with E-state index in [4.69, 9.17) is 4.74 Å². The minimum Gasteiger partial charge on any atom is -0.480 e. The van der Waals surface area contributed by atoms with Gasteiger partial charge in [0.05, 0.1) is 18.0 Å². The summed E-state index contributed by atoms with van der Waals surface area (Å²) in [6.45, 7) is 0. The van der Waals surface area contributed by atoms with E-state index in [1.807, 2.05) is 26.0 Å². The minimum absolute atomic E-state index is 0.657. The van der Waals surface area contributed by atoms with E-state index in [0.29, 0.717) is 5.88 Å². The number of fused-ring (bicyclic) bond motifs is 1. The zero-order chi connectivity index (χ0) is 8.55. The largest absolute Gasteiger partial charge is 0.480 e. The number of nitrogens with one attached hydrogen (secondary N) is 1. The van der Waals surface area contributed by atoms with Gasteiger partial charge in [0.2, 0.25) is 5.88 Å². The zero-order valence-electron chi connectivity index (χ0n) is 7.09. The summed E-state index contributed by atoms with van der Waals surface area (Å²) < 4.78 is 5.06. The molecule has 0 saturated carbocycles. The number of rotatable bonds is 1. The number of ether oxygens (including phenoxy) is 1. The van der Waals surface area contributed by atoms with Crippen molar-refractivity contribution in [1.82, 2.24) is 10.2 Å². The molecule has 2 aromatic rings. The highest BCUT2D eigenvalue weighted by molar-refractivity contribution is 6.33. The van der Waals surface area contributed by atoms with Crippen LogP contribution in [0, 0.1) is 0 Å². The van der Waals surface area contributed by atoms with Crippen LogP contribution < -0.4 is 10.2 Å². The molecule has 0 radical (unpaired) electrons. The second-order valence-electron chi connectivity index (χ2n) is 2.78. The number of aromatic amines is 1. The van der Waals surface area contributed by atoms with Gasteiger partial charge in [0.25, 0.3) is 0 Å². The summed E-state index contributed by atoms with van der Waals surface area (Å²) in [4.78, 5) is 0. The predicted octanol–water partition coefficient (Wildman–Crippen LogP) is -0.170. The summed E-state index contributed by atoms with van der Waals surface area (Å²) in [6.07, 6.45) is 0. The van der Waals surface area contributed by atoms with Gasteiger partial charge in [0, 0.05) is 0 Å². The number of hydrogen-bond acceptors (Lipinski definition) is 2. The third-order valence-corrected chi connectivity index (χ3v) is 1.88. The molecule has 0 fully saturated rings. The fraction of sp³-hybridized carbons (Fsp3) is 0.125. The van der Waals surface area contributed by atoms with Crippen LogP contribution in [0.4, 0.5) is 0 Å².